The third-order valence-corrected chi connectivity index (χ3v) is 3.67. The lowest BCUT2D eigenvalue weighted by Gasteiger charge is -2.14. The van der Waals surface area contributed by atoms with E-state index in [9.17, 15) is 14.4 Å². The van der Waals surface area contributed by atoms with Gasteiger partial charge in [0.2, 0.25) is 0 Å². The van der Waals surface area contributed by atoms with Crippen LogP contribution in [0.1, 0.15) is 36.6 Å². The molecule has 0 saturated heterocycles. The van der Waals surface area contributed by atoms with Gasteiger partial charge in [-0.1, -0.05) is 40.9 Å². The van der Waals surface area contributed by atoms with Crippen LogP contribution >= 0.6 is 11.6 Å². The van der Waals surface area contributed by atoms with Crippen LogP contribution in [0.5, 0.6) is 0 Å². The number of amides is 2. The van der Waals surface area contributed by atoms with E-state index < -0.39 is 17.8 Å². The van der Waals surface area contributed by atoms with E-state index in [0.717, 1.165) is 0 Å². The van der Waals surface area contributed by atoms with Crippen LogP contribution in [0.2, 0.25) is 5.02 Å². The molecule has 5 nitrogen and oxygen atoms in total. The highest BCUT2D eigenvalue weighted by atomic mass is 35.5. The fourth-order valence-corrected chi connectivity index (χ4v) is 2.57. The van der Waals surface area contributed by atoms with Crippen molar-refractivity contribution in [1.29, 1.82) is 0 Å². The molecule has 0 saturated carbocycles. The summed E-state index contributed by atoms with van der Waals surface area (Å²) in [7, 11) is 0. The Bertz CT molecular complexity index is 760. The van der Waals surface area contributed by atoms with Gasteiger partial charge < -0.3 is 4.84 Å². The van der Waals surface area contributed by atoms with Crippen molar-refractivity contribution >= 4 is 29.4 Å². The smallest absolute Gasteiger partial charge is 0.324 e. The average Bonchev–Trinajstić information content (AvgIpc) is 2.73. The molecular weight excluding hydrogens is 306 g/mol. The Labute approximate surface area is 131 Å². The molecule has 1 aliphatic heterocycles. The Balaban J connectivity index is 1.91. The van der Waals surface area contributed by atoms with E-state index in [2.05, 4.69) is 0 Å². The second-order valence-electron chi connectivity index (χ2n) is 4.76. The standard InChI is InChI=1S/C16H10ClNO4/c1-9-5-4-8-12(17)13(9)16(21)22-18-14(19)10-6-2-3-7-11(10)15(18)20/h2-8H,1H3. The molecule has 2 aromatic carbocycles. The van der Waals surface area contributed by atoms with Crippen LogP contribution in [0.15, 0.2) is 42.5 Å². The SMILES string of the molecule is Cc1cccc(Cl)c1C(=O)ON1C(=O)c2ccccc2C1=O. The first-order valence-electron chi connectivity index (χ1n) is 6.46. The molecule has 0 radical (unpaired) electrons. The molecular formula is C16H10ClNO4. The van der Waals surface area contributed by atoms with Crippen molar-refractivity contribution in [2.45, 2.75) is 6.92 Å². The summed E-state index contributed by atoms with van der Waals surface area (Å²) in [4.78, 5) is 41.5. The van der Waals surface area contributed by atoms with Crippen LogP contribution in [-0.2, 0) is 4.84 Å². The largest absolute Gasteiger partial charge is 0.365 e. The fourth-order valence-electron chi connectivity index (χ4n) is 2.27. The Hall–Kier alpha value is -2.66. The first kappa shape index (κ1) is 14.3. The van der Waals surface area contributed by atoms with E-state index in [4.69, 9.17) is 16.4 Å². The van der Waals surface area contributed by atoms with E-state index in [-0.39, 0.29) is 21.7 Å². The summed E-state index contributed by atoms with van der Waals surface area (Å²) < 4.78 is 0. The molecule has 0 spiro atoms. The number of rotatable bonds is 2. The number of hydroxylamine groups is 2. The third kappa shape index (κ3) is 2.16. The molecule has 1 aliphatic rings. The minimum absolute atomic E-state index is 0.126. The van der Waals surface area contributed by atoms with Gasteiger partial charge in [-0.2, -0.15) is 0 Å². The van der Waals surface area contributed by atoms with Crippen LogP contribution in [0, 0.1) is 6.92 Å². The first-order chi connectivity index (χ1) is 10.5. The summed E-state index contributed by atoms with van der Waals surface area (Å²) in [6, 6.07) is 11.2. The fraction of sp³-hybridized carbons (Fsp3) is 0.0625. The summed E-state index contributed by atoms with van der Waals surface area (Å²) in [6.07, 6.45) is 0. The number of carbonyl (C=O) groups is 3. The molecule has 22 heavy (non-hydrogen) atoms. The maximum Gasteiger partial charge on any atom is 0.365 e. The minimum atomic E-state index is -0.849. The van der Waals surface area contributed by atoms with Crippen molar-refractivity contribution in [3.8, 4) is 0 Å². The van der Waals surface area contributed by atoms with Crippen LogP contribution in [-0.4, -0.2) is 22.8 Å². The zero-order chi connectivity index (χ0) is 15.9. The molecule has 2 aromatic rings. The van der Waals surface area contributed by atoms with Crippen molar-refractivity contribution in [3.05, 3.63) is 69.7 Å². The summed E-state index contributed by atoms with van der Waals surface area (Å²) in [6.45, 7) is 1.69. The number of aryl methyl sites for hydroxylation is 1. The van der Waals surface area contributed by atoms with Crippen molar-refractivity contribution in [3.63, 3.8) is 0 Å². The van der Waals surface area contributed by atoms with Gasteiger partial charge in [0.1, 0.15) is 0 Å². The quantitative estimate of drug-likeness (QED) is 0.799. The van der Waals surface area contributed by atoms with Crippen molar-refractivity contribution in [2.24, 2.45) is 0 Å². The highest BCUT2D eigenvalue weighted by Gasteiger charge is 2.39. The lowest BCUT2D eigenvalue weighted by molar-refractivity contribution is -0.0585. The zero-order valence-corrected chi connectivity index (χ0v) is 12.3. The number of imide groups is 1. The van der Waals surface area contributed by atoms with Gasteiger partial charge in [0.05, 0.1) is 21.7 Å². The van der Waals surface area contributed by atoms with Crippen molar-refractivity contribution in [1.82, 2.24) is 5.06 Å². The predicted molar refractivity (Wildman–Crippen MR) is 78.5 cm³/mol. The number of halogens is 1. The number of fused-ring (bicyclic) bond motifs is 1. The van der Waals surface area contributed by atoms with Crippen LogP contribution in [0.4, 0.5) is 0 Å². The van der Waals surface area contributed by atoms with E-state index in [1.165, 1.54) is 18.2 Å². The lowest BCUT2D eigenvalue weighted by atomic mass is 10.1. The molecule has 0 aromatic heterocycles. The van der Waals surface area contributed by atoms with Crippen LogP contribution in [0.3, 0.4) is 0 Å². The molecule has 0 bridgehead atoms. The molecule has 0 unspecified atom stereocenters. The summed E-state index contributed by atoms with van der Waals surface area (Å²) in [5.74, 6) is -2.19. The molecule has 6 heteroatoms. The molecule has 0 fully saturated rings. The molecule has 1 heterocycles. The van der Waals surface area contributed by atoms with Crippen molar-refractivity contribution in [2.75, 3.05) is 0 Å². The lowest BCUT2D eigenvalue weighted by Crippen LogP contribution is -2.33. The summed E-state index contributed by atoms with van der Waals surface area (Å²) in [5, 5.41) is 0.664. The van der Waals surface area contributed by atoms with Gasteiger partial charge in [-0.3, -0.25) is 9.59 Å². The molecule has 0 N–H and O–H groups in total. The van der Waals surface area contributed by atoms with Gasteiger partial charge in [0.25, 0.3) is 11.8 Å². The second-order valence-corrected chi connectivity index (χ2v) is 5.17. The highest BCUT2D eigenvalue weighted by Crippen LogP contribution is 2.25. The van der Waals surface area contributed by atoms with Gasteiger partial charge in [0.15, 0.2) is 0 Å². The number of hydrogen-bond donors (Lipinski definition) is 0. The van der Waals surface area contributed by atoms with Gasteiger partial charge in [-0.15, -0.1) is 0 Å². The molecule has 0 aliphatic carbocycles. The predicted octanol–water partition coefficient (Wildman–Crippen LogP) is 3.02. The number of hydrogen-bond acceptors (Lipinski definition) is 4. The number of benzene rings is 2. The Morgan fingerprint density at radius 3 is 2.14 bits per heavy atom. The van der Waals surface area contributed by atoms with Crippen LogP contribution < -0.4 is 0 Å². The van der Waals surface area contributed by atoms with E-state index in [1.807, 2.05) is 0 Å². The van der Waals surface area contributed by atoms with Gasteiger partial charge in [0, 0.05) is 0 Å². The number of carbonyl (C=O) groups excluding carboxylic acids is 3. The zero-order valence-electron chi connectivity index (χ0n) is 11.5. The monoisotopic (exact) mass is 315 g/mol. The molecule has 2 amide bonds. The molecule has 0 atom stereocenters. The van der Waals surface area contributed by atoms with Gasteiger partial charge in [-0.05, 0) is 30.7 Å². The highest BCUT2D eigenvalue weighted by molar-refractivity contribution is 6.33. The molecule has 110 valence electrons. The average molecular weight is 316 g/mol. The number of nitrogens with zero attached hydrogens (tertiary/aromatic N) is 1. The Kier molecular flexibility index (Phi) is 3.42. The Morgan fingerprint density at radius 1 is 1.00 bits per heavy atom. The minimum Gasteiger partial charge on any atom is -0.324 e. The van der Waals surface area contributed by atoms with Gasteiger partial charge >= 0.3 is 5.97 Å². The van der Waals surface area contributed by atoms with E-state index >= 15 is 0 Å². The summed E-state index contributed by atoms with van der Waals surface area (Å²) >= 11 is 5.98. The normalized spacial score (nSPS) is 13.3. The maximum atomic E-state index is 12.2. The van der Waals surface area contributed by atoms with Gasteiger partial charge in [-0.25, -0.2) is 4.79 Å². The van der Waals surface area contributed by atoms with E-state index in [0.29, 0.717) is 10.6 Å². The summed E-state index contributed by atoms with van der Waals surface area (Å²) in [5.41, 5.74) is 1.13. The van der Waals surface area contributed by atoms with Crippen LogP contribution in [0.25, 0.3) is 0 Å². The topological polar surface area (TPSA) is 63.7 Å². The Morgan fingerprint density at radius 2 is 1.59 bits per heavy atom. The van der Waals surface area contributed by atoms with E-state index in [1.54, 1.807) is 31.2 Å². The third-order valence-electron chi connectivity index (χ3n) is 3.36. The first-order valence-corrected chi connectivity index (χ1v) is 6.83. The second kappa shape index (κ2) is 5.27. The maximum absolute atomic E-state index is 12.2. The molecule has 3 rings (SSSR count). The van der Waals surface area contributed by atoms with Crippen molar-refractivity contribution < 1.29 is 19.2 Å².